The first kappa shape index (κ1) is 14.4. The van der Waals surface area contributed by atoms with E-state index in [1.165, 1.54) is 7.11 Å². The van der Waals surface area contributed by atoms with Crippen LogP contribution >= 0.6 is 34.8 Å². The van der Waals surface area contributed by atoms with Crippen molar-refractivity contribution < 1.29 is 9.53 Å². The number of carbonyl (C=O) groups is 1. The zero-order valence-corrected chi connectivity index (χ0v) is 11.7. The summed E-state index contributed by atoms with van der Waals surface area (Å²) < 4.78 is 4.57. The molecule has 1 aromatic carbocycles. The summed E-state index contributed by atoms with van der Waals surface area (Å²) in [6.45, 7) is 1.84. The lowest BCUT2D eigenvalue weighted by atomic mass is 10.2. The Balaban J connectivity index is 2.74. The third-order valence-electron chi connectivity index (χ3n) is 2.11. The summed E-state index contributed by atoms with van der Waals surface area (Å²) in [5.41, 5.74) is 0.637. The lowest BCUT2D eigenvalue weighted by Gasteiger charge is -2.15. The first-order valence-electron chi connectivity index (χ1n) is 4.92. The number of hydrogen-bond donors (Lipinski definition) is 1. The standard InChI is InChI=1S/C11H12Cl3NO2/c1-6(3-11(16)17-2)15-10-5-8(13)7(12)4-9(10)14/h4-6,15H,3H2,1-2H3. The summed E-state index contributed by atoms with van der Waals surface area (Å²) in [6.07, 6.45) is 0.243. The molecule has 0 fully saturated rings. The molecule has 0 amide bonds. The maximum Gasteiger partial charge on any atom is 0.307 e. The fourth-order valence-corrected chi connectivity index (χ4v) is 1.88. The van der Waals surface area contributed by atoms with Gasteiger partial charge in [-0.25, -0.2) is 0 Å². The number of halogens is 3. The Bertz CT molecular complexity index is 423. The van der Waals surface area contributed by atoms with Gasteiger partial charge in [0, 0.05) is 6.04 Å². The minimum Gasteiger partial charge on any atom is -0.469 e. The van der Waals surface area contributed by atoms with Gasteiger partial charge in [0.1, 0.15) is 0 Å². The van der Waals surface area contributed by atoms with Gasteiger partial charge in [-0.15, -0.1) is 0 Å². The minimum absolute atomic E-state index is 0.114. The minimum atomic E-state index is -0.291. The molecule has 1 N–H and O–H groups in total. The van der Waals surface area contributed by atoms with Crippen LogP contribution in [0.5, 0.6) is 0 Å². The van der Waals surface area contributed by atoms with Crippen molar-refractivity contribution >= 4 is 46.5 Å². The Morgan fingerprint density at radius 2 is 1.88 bits per heavy atom. The molecule has 1 unspecified atom stereocenters. The summed E-state index contributed by atoms with van der Waals surface area (Å²) >= 11 is 17.7. The second kappa shape index (κ2) is 6.34. The van der Waals surface area contributed by atoms with Gasteiger partial charge in [-0.2, -0.15) is 0 Å². The molecule has 0 aliphatic rings. The number of hydrogen-bond acceptors (Lipinski definition) is 3. The summed E-state index contributed by atoms with van der Waals surface area (Å²) in [4.78, 5) is 11.1. The van der Waals surface area contributed by atoms with Crippen molar-refractivity contribution in [2.45, 2.75) is 19.4 Å². The predicted molar refractivity (Wildman–Crippen MR) is 71.2 cm³/mol. The number of methoxy groups -OCH3 is 1. The fourth-order valence-electron chi connectivity index (χ4n) is 1.28. The van der Waals surface area contributed by atoms with Crippen LogP contribution in [-0.2, 0) is 9.53 Å². The van der Waals surface area contributed by atoms with Crippen molar-refractivity contribution in [3.63, 3.8) is 0 Å². The number of ether oxygens (including phenoxy) is 1. The van der Waals surface area contributed by atoms with E-state index in [1.54, 1.807) is 12.1 Å². The molecule has 1 rings (SSSR count). The molecule has 0 radical (unpaired) electrons. The zero-order chi connectivity index (χ0) is 13.0. The van der Waals surface area contributed by atoms with Crippen LogP contribution in [0.25, 0.3) is 0 Å². The number of esters is 1. The van der Waals surface area contributed by atoms with Crippen molar-refractivity contribution in [3.05, 3.63) is 27.2 Å². The Morgan fingerprint density at radius 1 is 1.29 bits per heavy atom. The van der Waals surface area contributed by atoms with Crippen molar-refractivity contribution in [2.24, 2.45) is 0 Å². The second-order valence-electron chi connectivity index (χ2n) is 3.57. The monoisotopic (exact) mass is 295 g/mol. The fraction of sp³-hybridized carbons (Fsp3) is 0.364. The Morgan fingerprint density at radius 3 is 2.47 bits per heavy atom. The van der Waals surface area contributed by atoms with Crippen LogP contribution in [0.1, 0.15) is 13.3 Å². The molecule has 0 aliphatic heterocycles. The Kier molecular flexibility index (Phi) is 5.37. The van der Waals surface area contributed by atoms with Crippen molar-refractivity contribution in [1.82, 2.24) is 0 Å². The summed E-state index contributed by atoms with van der Waals surface area (Å²) in [5, 5.41) is 4.32. The molecule has 0 saturated heterocycles. The average Bonchev–Trinajstić information content (AvgIpc) is 2.25. The van der Waals surface area contributed by atoms with E-state index in [1.807, 2.05) is 6.92 Å². The van der Waals surface area contributed by atoms with Crippen LogP contribution < -0.4 is 5.32 Å². The molecule has 0 heterocycles. The van der Waals surface area contributed by atoms with Gasteiger partial charge in [0.2, 0.25) is 0 Å². The molecule has 0 aromatic heterocycles. The van der Waals surface area contributed by atoms with E-state index in [9.17, 15) is 4.79 Å². The van der Waals surface area contributed by atoms with Gasteiger partial charge in [0.05, 0.1) is 34.3 Å². The van der Waals surface area contributed by atoms with E-state index in [4.69, 9.17) is 34.8 Å². The van der Waals surface area contributed by atoms with E-state index < -0.39 is 0 Å². The summed E-state index contributed by atoms with van der Waals surface area (Å²) in [6, 6.07) is 3.07. The van der Waals surface area contributed by atoms with E-state index >= 15 is 0 Å². The molecule has 0 bridgehead atoms. The highest BCUT2D eigenvalue weighted by Gasteiger charge is 2.12. The molecule has 0 spiro atoms. The third-order valence-corrected chi connectivity index (χ3v) is 3.15. The van der Waals surface area contributed by atoms with Crippen LogP contribution in [0.15, 0.2) is 12.1 Å². The van der Waals surface area contributed by atoms with Crippen LogP contribution in [-0.4, -0.2) is 19.1 Å². The molecule has 1 aromatic rings. The zero-order valence-electron chi connectivity index (χ0n) is 9.39. The largest absolute Gasteiger partial charge is 0.469 e. The summed E-state index contributed by atoms with van der Waals surface area (Å²) in [5.74, 6) is -0.291. The van der Waals surface area contributed by atoms with E-state index in [0.717, 1.165) is 0 Å². The highest BCUT2D eigenvalue weighted by atomic mass is 35.5. The molecule has 94 valence electrons. The van der Waals surface area contributed by atoms with Gasteiger partial charge in [0.15, 0.2) is 0 Å². The van der Waals surface area contributed by atoms with E-state index in [-0.39, 0.29) is 18.4 Å². The van der Waals surface area contributed by atoms with Gasteiger partial charge < -0.3 is 10.1 Å². The second-order valence-corrected chi connectivity index (χ2v) is 4.79. The van der Waals surface area contributed by atoms with E-state index in [0.29, 0.717) is 20.8 Å². The number of nitrogens with one attached hydrogen (secondary N) is 1. The first-order chi connectivity index (χ1) is 7.93. The molecule has 3 nitrogen and oxygen atoms in total. The van der Waals surface area contributed by atoms with Gasteiger partial charge in [-0.3, -0.25) is 4.79 Å². The van der Waals surface area contributed by atoms with Crippen molar-refractivity contribution in [1.29, 1.82) is 0 Å². The lowest BCUT2D eigenvalue weighted by Crippen LogP contribution is -2.20. The maximum absolute atomic E-state index is 11.1. The van der Waals surface area contributed by atoms with Crippen molar-refractivity contribution in [3.8, 4) is 0 Å². The highest BCUT2D eigenvalue weighted by molar-refractivity contribution is 6.44. The maximum atomic E-state index is 11.1. The molecular formula is C11H12Cl3NO2. The summed E-state index contributed by atoms with van der Waals surface area (Å²) in [7, 11) is 1.35. The molecular weight excluding hydrogens is 284 g/mol. The predicted octanol–water partition coefficient (Wildman–Crippen LogP) is 4.01. The number of benzene rings is 1. The Labute approximate surface area is 115 Å². The van der Waals surface area contributed by atoms with Gasteiger partial charge in [-0.05, 0) is 19.1 Å². The Hall–Kier alpha value is -0.640. The average molecular weight is 297 g/mol. The first-order valence-corrected chi connectivity index (χ1v) is 6.05. The van der Waals surface area contributed by atoms with Crippen LogP contribution in [0.2, 0.25) is 15.1 Å². The van der Waals surface area contributed by atoms with Crippen molar-refractivity contribution in [2.75, 3.05) is 12.4 Å². The van der Waals surface area contributed by atoms with Gasteiger partial charge in [-0.1, -0.05) is 34.8 Å². The smallest absolute Gasteiger partial charge is 0.307 e. The molecule has 6 heteroatoms. The quantitative estimate of drug-likeness (QED) is 0.674. The van der Waals surface area contributed by atoms with Crippen LogP contribution in [0.3, 0.4) is 0 Å². The third kappa shape index (κ3) is 4.26. The van der Waals surface area contributed by atoms with E-state index in [2.05, 4.69) is 10.1 Å². The number of anilines is 1. The highest BCUT2D eigenvalue weighted by Crippen LogP contribution is 2.32. The lowest BCUT2D eigenvalue weighted by molar-refractivity contribution is -0.140. The van der Waals surface area contributed by atoms with Gasteiger partial charge in [0.25, 0.3) is 0 Å². The topological polar surface area (TPSA) is 38.3 Å². The molecule has 0 aliphatic carbocycles. The molecule has 0 saturated carbocycles. The number of rotatable bonds is 4. The SMILES string of the molecule is COC(=O)CC(C)Nc1cc(Cl)c(Cl)cc1Cl. The van der Waals surface area contributed by atoms with Gasteiger partial charge >= 0.3 is 5.97 Å². The van der Waals surface area contributed by atoms with Crippen LogP contribution in [0.4, 0.5) is 5.69 Å². The number of carbonyl (C=O) groups excluding carboxylic acids is 1. The normalized spacial score (nSPS) is 12.1. The molecule has 1 atom stereocenters. The molecule has 17 heavy (non-hydrogen) atoms. The van der Waals surface area contributed by atoms with Crippen LogP contribution in [0, 0.1) is 0 Å².